The number of sulfone groups is 1. The van der Waals surface area contributed by atoms with Gasteiger partial charge in [-0.15, -0.1) is 0 Å². The molecule has 8 nitrogen and oxygen atoms in total. The van der Waals surface area contributed by atoms with Gasteiger partial charge in [0.2, 0.25) is 5.82 Å². The van der Waals surface area contributed by atoms with E-state index in [1.807, 2.05) is 12.1 Å². The molecule has 4 rings (SSSR count). The van der Waals surface area contributed by atoms with Crippen molar-refractivity contribution < 1.29 is 13.2 Å². The molecule has 1 aromatic carbocycles. The number of carbonyl (C=O) groups excluding carboxylic acids is 1. The third-order valence-electron chi connectivity index (χ3n) is 6.80. The molecule has 1 aliphatic carbocycles. The Balaban J connectivity index is 1.64. The van der Waals surface area contributed by atoms with Crippen LogP contribution < -0.4 is 5.73 Å². The van der Waals surface area contributed by atoms with Crippen LogP contribution in [0.1, 0.15) is 71.9 Å². The number of amides is 1. The van der Waals surface area contributed by atoms with E-state index in [9.17, 15) is 18.5 Å². The van der Waals surface area contributed by atoms with Gasteiger partial charge >= 0.3 is 0 Å². The van der Waals surface area contributed by atoms with E-state index in [0.29, 0.717) is 12.5 Å². The molecular weight excluding hydrogens is 450 g/mol. The van der Waals surface area contributed by atoms with Crippen molar-refractivity contribution in [2.24, 2.45) is 5.73 Å². The predicted octanol–water partition coefficient (Wildman–Crippen LogP) is 3.02. The first-order valence-corrected chi connectivity index (χ1v) is 13.8. The number of likely N-dealkylation sites (tertiary alicyclic amines) is 1. The van der Waals surface area contributed by atoms with Crippen molar-refractivity contribution in [3.8, 4) is 11.8 Å². The van der Waals surface area contributed by atoms with Crippen molar-refractivity contribution in [2.45, 2.75) is 44.4 Å². The molecule has 1 saturated heterocycles. The fraction of sp³-hybridized carbons (Fsp3) is 0.480. The number of hydrogen-bond acceptors (Lipinski definition) is 6. The van der Waals surface area contributed by atoms with Gasteiger partial charge in [0.05, 0.1) is 11.4 Å². The molecule has 34 heavy (non-hydrogen) atoms. The number of nitriles is 1. The quantitative estimate of drug-likeness (QED) is 0.649. The highest BCUT2D eigenvalue weighted by molar-refractivity contribution is 7.90. The Bertz CT molecular complexity index is 1250. The number of nitrogens with two attached hydrogens (primary N) is 1. The maximum atomic E-state index is 12.0. The Labute approximate surface area is 201 Å². The third-order valence-corrected chi connectivity index (χ3v) is 7.72. The summed E-state index contributed by atoms with van der Waals surface area (Å²) < 4.78 is 24.6. The maximum absolute atomic E-state index is 12.0. The Morgan fingerprint density at radius 3 is 2.65 bits per heavy atom. The molecule has 9 heteroatoms. The highest BCUT2D eigenvalue weighted by atomic mass is 32.2. The van der Waals surface area contributed by atoms with Gasteiger partial charge < -0.3 is 10.6 Å². The third kappa shape index (κ3) is 5.57. The molecular formula is C25H31N5O3S. The average molecular weight is 482 g/mol. The monoisotopic (exact) mass is 481 g/mol. The van der Waals surface area contributed by atoms with E-state index in [2.05, 4.69) is 28.1 Å². The lowest BCUT2D eigenvalue weighted by molar-refractivity contribution is 0.0989. The van der Waals surface area contributed by atoms with Gasteiger partial charge in [-0.2, -0.15) is 5.26 Å². The number of rotatable bonds is 7. The first kappa shape index (κ1) is 24.2. The fourth-order valence-electron chi connectivity index (χ4n) is 4.93. The highest BCUT2D eigenvalue weighted by Gasteiger charge is 2.24. The molecule has 0 spiro atoms. The van der Waals surface area contributed by atoms with Crippen LogP contribution in [0.3, 0.4) is 0 Å². The zero-order valence-electron chi connectivity index (χ0n) is 19.5. The Hall–Kier alpha value is -2.96. The lowest BCUT2D eigenvalue weighted by Crippen LogP contribution is -2.36. The standard InChI is InChI=1S/C25H31N5O3S/c1-34(32,33)14-13-29-11-9-18(10-12-29)20-7-8-23(22(15-20)19-5-3-2-4-6-19)30-17-21(16-26)28-25(30)24(27)31/h5,7-8,15,17-18H,2-4,6,9-14H2,1H3,(H2,27,31). The molecule has 1 amide bonds. The molecule has 0 radical (unpaired) electrons. The van der Waals surface area contributed by atoms with E-state index in [0.717, 1.165) is 56.4 Å². The minimum atomic E-state index is -2.96. The van der Waals surface area contributed by atoms with Gasteiger partial charge in [0.1, 0.15) is 15.9 Å². The van der Waals surface area contributed by atoms with Crippen LogP contribution in [0, 0.1) is 11.3 Å². The number of piperidine rings is 1. The summed E-state index contributed by atoms with van der Waals surface area (Å²) in [5, 5.41) is 9.31. The summed E-state index contributed by atoms with van der Waals surface area (Å²) in [7, 11) is -2.96. The van der Waals surface area contributed by atoms with Gasteiger partial charge in [0.25, 0.3) is 5.91 Å². The second-order valence-electron chi connectivity index (χ2n) is 9.29. The zero-order valence-corrected chi connectivity index (χ0v) is 20.4. The molecule has 0 saturated carbocycles. The molecule has 1 aliphatic heterocycles. The highest BCUT2D eigenvalue weighted by Crippen LogP contribution is 2.36. The first-order valence-electron chi connectivity index (χ1n) is 11.8. The van der Waals surface area contributed by atoms with Crippen LogP contribution in [0.5, 0.6) is 0 Å². The van der Waals surface area contributed by atoms with Crippen molar-refractivity contribution >= 4 is 21.3 Å². The van der Waals surface area contributed by atoms with Crippen molar-refractivity contribution in [2.75, 3.05) is 31.6 Å². The summed E-state index contributed by atoms with van der Waals surface area (Å²) in [5.74, 6) is -0.0288. The Morgan fingerprint density at radius 1 is 1.26 bits per heavy atom. The van der Waals surface area contributed by atoms with Gasteiger partial charge in [-0.3, -0.25) is 9.36 Å². The number of carbonyl (C=O) groups is 1. The number of imidazole rings is 1. The van der Waals surface area contributed by atoms with E-state index in [1.54, 1.807) is 10.8 Å². The molecule has 2 aromatic rings. The van der Waals surface area contributed by atoms with E-state index >= 15 is 0 Å². The zero-order chi connectivity index (χ0) is 24.3. The van der Waals surface area contributed by atoms with Crippen LogP contribution in [-0.4, -0.2) is 60.4 Å². The molecule has 2 heterocycles. The van der Waals surface area contributed by atoms with Crippen molar-refractivity contribution in [3.05, 3.63) is 53.1 Å². The van der Waals surface area contributed by atoms with Crippen LogP contribution in [0.25, 0.3) is 11.3 Å². The predicted molar refractivity (Wildman–Crippen MR) is 131 cm³/mol. The van der Waals surface area contributed by atoms with Gasteiger partial charge in [-0.1, -0.05) is 12.1 Å². The molecule has 180 valence electrons. The number of hydrogen-bond donors (Lipinski definition) is 1. The van der Waals surface area contributed by atoms with Gasteiger partial charge in [0, 0.05) is 24.6 Å². The topological polar surface area (TPSA) is 122 Å². The van der Waals surface area contributed by atoms with Crippen molar-refractivity contribution in [1.29, 1.82) is 5.26 Å². The van der Waals surface area contributed by atoms with Gasteiger partial charge in [-0.05, 0) is 80.8 Å². The summed E-state index contributed by atoms with van der Waals surface area (Å²) in [4.78, 5) is 18.4. The van der Waals surface area contributed by atoms with E-state index < -0.39 is 15.7 Å². The molecule has 1 aromatic heterocycles. The number of primary amides is 1. The summed E-state index contributed by atoms with van der Waals surface area (Å²) >= 11 is 0. The van der Waals surface area contributed by atoms with Crippen molar-refractivity contribution in [1.82, 2.24) is 14.5 Å². The second kappa shape index (κ2) is 10.1. The van der Waals surface area contributed by atoms with Gasteiger partial charge in [0.15, 0.2) is 5.69 Å². The fourth-order valence-corrected chi connectivity index (χ4v) is 5.52. The van der Waals surface area contributed by atoms with Crippen LogP contribution in [-0.2, 0) is 9.84 Å². The number of aromatic nitrogens is 2. The Morgan fingerprint density at radius 2 is 2.03 bits per heavy atom. The van der Waals surface area contributed by atoms with Gasteiger partial charge in [-0.25, -0.2) is 13.4 Å². The lowest BCUT2D eigenvalue weighted by atomic mass is 9.85. The molecule has 2 N–H and O–H groups in total. The van der Waals surface area contributed by atoms with Crippen LogP contribution in [0.4, 0.5) is 0 Å². The first-order chi connectivity index (χ1) is 16.2. The summed E-state index contributed by atoms with van der Waals surface area (Å²) in [6.07, 6.45) is 11.3. The van der Waals surface area contributed by atoms with E-state index in [4.69, 9.17) is 5.73 Å². The number of allylic oxidation sites excluding steroid dienone is 2. The SMILES string of the molecule is CS(=O)(=O)CCN1CCC(c2ccc(-n3cc(C#N)nc3C(N)=O)c(C3=CCCCC3)c2)CC1. The summed E-state index contributed by atoms with van der Waals surface area (Å²) in [5.41, 5.74) is 10.1. The normalized spacial score (nSPS) is 17.8. The van der Waals surface area contributed by atoms with Crippen LogP contribution in [0.15, 0.2) is 30.5 Å². The minimum absolute atomic E-state index is 0.0566. The summed E-state index contributed by atoms with van der Waals surface area (Å²) in [6, 6.07) is 8.32. The van der Waals surface area contributed by atoms with Crippen LogP contribution in [0.2, 0.25) is 0 Å². The van der Waals surface area contributed by atoms with E-state index in [-0.39, 0.29) is 17.3 Å². The number of benzene rings is 1. The molecule has 0 atom stereocenters. The maximum Gasteiger partial charge on any atom is 0.285 e. The molecule has 0 unspecified atom stereocenters. The molecule has 1 fully saturated rings. The lowest BCUT2D eigenvalue weighted by Gasteiger charge is -2.32. The van der Waals surface area contributed by atoms with Crippen LogP contribution >= 0.6 is 0 Å². The van der Waals surface area contributed by atoms with Crippen molar-refractivity contribution in [3.63, 3.8) is 0 Å². The minimum Gasteiger partial charge on any atom is -0.363 e. The van der Waals surface area contributed by atoms with E-state index in [1.165, 1.54) is 23.8 Å². The Kier molecular flexibility index (Phi) is 7.19. The molecule has 0 bridgehead atoms. The molecule has 2 aliphatic rings. The smallest absolute Gasteiger partial charge is 0.285 e. The largest absolute Gasteiger partial charge is 0.363 e. The number of nitrogens with zero attached hydrogens (tertiary/aromatic N) is 4. The second-order valence-corrected chi connectivity index (χ2v) is 11.6. The average Bonchev–Trinajstić information content (AvgIpc) is 3.28. The summed E-state index contributed by atoms with van der Waals surface area (Å²) in [6.45, 7) is 2.33.